The van der Waals surface area contributed by atoms with E-state index in [9.17, 15) is 14.4 Å². The second-order valence-electron chi connectivity index (χ2n) is 21.0. The molecule has 0 radical (unpaired) electrons. The Kier molecular flexibility index (Phi) is 57.7. The molecule has 0 aliphatic carbocycles. The van der Waals surface area contributed by atoms with Gasteiger partial charge in [0.2, 0.25) is 0 Å². The Labute approximate surface area is 441 Å². The van der Waals surface area contributed by atoms with Gasteiger partial charge in [0.05, 0.1) is 0 Å². The van der Waals surface area contributed by atoms with Crippen molar-refractivity contribution in [1.82, 2.24) is 0 Å². The molecule has 0 fully saturated rings. The summed E-state index contributed by atoms with van der Waals surface area (Å²) in [4.78, 5) is 38.3. The number of carbonyl (C=O) groups excluding carboxylic acids is 3. The predicted octanol–water partition coefficient (Wildman–Crippen LogP) is 21.0. The van der Waals surface area contributed by atoms with E-state index in [0.717, 1.165) is 64.2 Å². The van der Waals surface area contributed by atoms with Gasteiger partial charge in [-0.1, -0.05) is 256 Å². The topological polar surface area (TPSA) is 78.9 Å². The van der Waals surface area contributed by atoms with Crippen LogP contribution in [0.3, 0.4) is 0 Å². The van der Waals surface area contributed by atoms with E-state index in [1.54, 1.807) is 0 Å². The fraction of sp³-hybridized carbons (Fsp3) is 0.831. The van der Waals surface area contributed by atoms with Gasteiger partial charge in [0.1, 0.15) is 13.2 Å². The fourth-order valence-electron chi connectivity index (χ4n) is 9.05. The summed E-state index contributed by atoms with van der Waals surface area (Å²) in [6.07, 6.45) is 73.9. The summed E-state index contributed by atoms with van der Waals surface area (Å²) in [6, 6.07) is 0. The molecule has 6 heteroatoms. The Morgan fingerprint density at radius 2 is 0.507 bits per heavy atom. The summed E-state index contributed by atoms with van der Waals surface area (Å²) in [5.74, 6) is -0.868. The SMILES string of the molecule is CCCCC/C=C\C/C=C\CCCCCCCCCCCC(=O)OC[C@H](COC(=O)CCCCCCCCC/C=C\CCCCCC)OC(=O)CCCCCCCCCCC/C=C\CCCCCCCC. The van der Waals surface area contributed by atoms with Crippen molar-refractivity contribution in [2.24, 2.45) is 0 Å². The standard InChI is InChI=1S/C65H118O6/c1-4-7-10-13-16-19-22-25-28-30-32-34-37-40-43-46-49-52-55-58-64(67)70-61-62(60-69-63(66)57-54-51-48-45-42-39-36-27-24-21-18-15-12-9-6-3)71-65(68)59-56-53-50-47-44-41-38-35-33-31-29-26-23-20-17-14-11-8-5-2/h16,19,21,24-26,28-29,62H,4-15,17-18,20,22-23,27,30-61H2,1-3H3/b19-16-,24-21-,28-25-,29-26-/t62-/m0/s1. The molecule has 0 saturated carbocycles. The molecule has 0 spiro atoms. The number of unbranched alkanes of at least 4 members (excludes halogenated alkanes) is 38. The lowest BCUT2D eigenvalue weighted by Crippen LogP contribution is -2.30. The van der Waals surface area contributed by atoms with E-state index in [1.807, 2.05) is 0 Å². The van der Waals surface area contributed by atoms with Gasteiger partial charge < -0.3 is 14.2 Å². The molecule has 0 aromatic heterocycles. The van der Waals surface area contributed by atoms with Crippen LogP contribution >= 0.6 is 0 Å². The number of ether oxygens (including phenoxy) is 3. The number of hydrogen-bond acceptors (Lipinski definition) is 6. The highest BCUT2D eigenvalue weighted by atomic mass is 16.6. The smallest absolute Gasteiger partial charge is 0.306 e. The summed E-state index contributed by atoms with van der Waals surface area (Å²) in [5.41, 5.74) is 0. The molecule has 0 heterocycles. The molecule has 0 aliphatic heterocycles. The van der Waals surface area contributed by atoms with Crippen LogP contribution in [0.2, 0.25) is 0 Å². The van der Waals surface area contributed by atoms with Crippen molar-refractivity contribution < 1.29 is 28.6 Å². The van der Waals surface area contributed by atoms with Crippen LogP contribution in [-0.2, 0) is 28.6 Å². The zero-order valence-electron chi connectivity index (χ0n) is 47.5. The number of carbonyl (C=O) groups is 3. The van der Waals surface area contributed by atoms with Crippen molar-refractivity contribution >= 4 is 17.9 Å². The van der Waals surface area contributed by atoms with Gasteiger partial charge in [-0.2, -0.15) is 0 Å². The van der Waals surface area contributed by atoms with Crippen LogP contribution in [0.5, 0.6) is 0 Å². The first-order chi connectivity index (χ1) is 35.0. The molecule has 0 amide bonds. The van der Waals surface area contributed by atoms with E-state index in [0.29, 0.717) is 19.3 Å². The Balaban J connectivity index is 4.35. The third-order valence-corrected chi connectivity index (χ3v) is 13.8. The maximum atomic E-state index is 12.9. The van der Waals surface area contributed by atoms with Crippen LogP contribution in [0.1, 0.15) is 329 Å². The third kappa shape index (κ3) is 58.1. The molecule has 0 aromatic carbocycles. The highest BCUT2D eigenvalue weighted by Gasteiger charge is 2.19. The second-order valence-corrected chi connectivity index (χ2v) is 21.0. The van der Waals surface area contributed by atoms with E-state index in [1.165, 1.54) is 225 Å². The molecule has 1 atom stereocenters. The fourth-order valence-corrected chi connectivity index (χ4v) is 9.05. The van der Waals surface area contributed by atoms with Crippen molar-refractivity contribution in [2.45, 2.75) is 335 Å². The van der Waals surface area contributed by atoms with Crippen molar-refractivity contribution in [3.05, 3.63) is 48.6 Å². The summed E-state index contributed by atoms with van der Waals surface area (Å²) in [6.45, 7) is 6.63. The molecular weight excluding hydrogens is 877 g/mol. The largest absolute Gasteiger partial charge is 0.462 e. The first-order valence-corrected chi connectivity index (χ1v) is 31.1. The monoisotopic (exact) mass is 995 g/mol. The van der Waals surface area contributed by atoms with E-state index >= 15 is 0 Å². The van der Waals surface area contributed by atoms with Gasteiger partial charge in [-0.05, 0) is 103 Å². The van der Waals surface area contributed by atoms with Gasteiger partial charge in [-0.25, -0.2) is 0 Å². The number of rotatable bonds is 57. The van der Waals surface area contributed by atoms with Crippen LogP contribution in [-0.4, -0.2) is 37.2 Å². The van der Waals surface area contributed by atoms with Gasteiger partial charge in [0.25, 0.3) is 0 Å². The highest BCUT2D eigenvalue weighted by Crippen LogP contribution is 2.16. The van der Waals surface area contributed by atoms with Crippen molar-refractivity contribution in [1.29, 1.82) is 0 Å². The van der Waals surface area contributed by atoms with Gasteiger partial charge in [0.15, 0.2) is 6.10 Å². The Morgan fingerprint density at radius 3 is 0.831 bits per heavy atom. The average Bonchev–Trinajstić information content (AvgIpc) is 3.37. The molecule has 414 valence electrons. The first kappa shape index (κ1) is 68.4. The molecule has 6 nitrogen and oxygen atoms in total. The van der Waals surface area contributed by atoms with E-state index in [-0.39, 0.29) is 31.1 Å². The molecule has 0 saturated heterocycles. The first-order valence-electron chi connectivity index (χ1n) is 31.1. The zero-order chi connectivity index (χ0) is 51.4. The minimum Gasteiger partial charge on any atom is -0.462 e. The van der Waals surface area contributed by atoms with Crippen molar-refractivity contribution in [3.63, 3.8) is 0 Å². The summed E-state index contributed by atoms with van der Waals surface area (Å²) >= 11 is 0. The van der Waals surface area contributed by atoms with Crippen LogP contribution in [0, 0.1) is 0 Å². The second kappa shape index (κ2) is 59.9. The summed E-state index contributed by atoms with van der Waals surface area (Å²) in [5, 5.41) is 0. The molecule has 0 aliphatic rings. The van der Waals surface area contributed by atoms with Crippen molar-refractivity contribution in [3.8, 4) is 0 Å². The minimum absolute atomic E-state index is 0.0753. The van der Waals surface area contributed by atoms with Gasteiger partial charge in [0, 0.05) is 19.3 Å². The van der Waals surface area contributed by atoms with Gasteiger partial charge in [-0.15, -0.1) is 0 Å². The minimum atomic E-state index is -0.777. The van der Waals surface area contributed by atoms with Crippen LogP contribution < -0.4 is 0 Å². The molecule has 0 unspecified atom stereocenters. The number of allylic oxidation sites excluding steroid dienone is 8. The van der Waals surface area contributed by atoms with Crippen LogP contribution in [0.25, 0.3) is 0 Å². The molecule has 0 bridgehead atoms. The van der Waals surface area contributed by atoms with Crippen molar-refractivity contribution in [2.75, 3.05) is 13.2 Å². The maximum absolute atomic E-state index is 12.9. The lowest BCUT2D eigenvalue weighted by atomic mass is 10.1. The number of esters is 3. The Morgan fingerprint density at radius 1 is 0.282 bits per heavy atom. The molecular formula is C65H118O6. The third-order valence-electron chi connectivity index (χ3n) is 13.8. The normalized spacial score (nSPS) is 12.3. The zero-order valence-corrected chi connectivity index (χ0v) is 47.5. The lowest BCUT2D eigenvalue weighted by Gasteiger charge is -2.18. The molecule has 0 N–H and O–H groups in total. The van der Waals surface area contributed by atoms with Crippen LogP contribution in [0.4, 0.5) is 0 Å². The Bertz CT molecular complexity index is 1230. The van der Waals surface area contributed by atoms with Gasteiger partial charge in [-0.3, -0.25) is 14.4 Å². The Hall–Kier alpha value is -2.63. The number of hydrogen-bond donors (Lipinski definition) is 0. The average molecular weight is 996 g/mol. The molecule has 71 heavy (non-hydrogen) atoms. The van der Waals surface area contributed by atoms with E-state index in [2.05, 4.69) is 69.4 Å². The van der Waals surface area contributed by atoms with E-state index in [4.69, 9.17) is 14.2 Å². The summed E-state index contributed by atoms with van der Waals surface area (Å²) < 4.78 is 16.9. The van der Waals surface area contributed by atoms with Crippen LogP contribution in [0.15, 0.2) is 48.6 Å². The quantitative estimate of drug-likeness (QED) is 0.0261. The molecule has 0 rings (SSSR count). The highest BCUT2D eigenvalue weighted by molar-refractivity contribution is 5.71. The van der Waals surface area contributed by atoms with E-state index < -0.39 is 6.10 Å². The molecule has 0 aromatic rings. The lowest BCUT2D eigenvalue weighted by molar-refractivity contribution is -0.167. The summed E-state index contributed by atoms with van der Waals surface area (Å²) in [7, 11) is 0. The maximum Gasteiger partial charge on any atom is 0.306 e. The van der Waals surface area contributed by atoms with Gasteiger partial charge >= 0.3 is 17.9 Å². The predicted molar refractivity (Wildman–Crippen MR) is 307 cm³/mol.